The Morgan fingerprint density at radius 2 is 1.95 bits per heavy atom. The Balaban J connectivity index is 1.77. The second kappa shape index (κ2) is 5.48. The molecule has 0 aliphatic carbocycles. The lowest BCUT2D eigenvalue weighted by Crippen LogP contribution is -2.45. The molecule has 0 radical (unpaired) electrons. The zero-order valence-electron chi connectivity index (χ0n) is 11.7. The largest absolute Gasteiger partial charge is 0.468 e. The standard InChI is InChI=1S/C16H13FN2O3/c1-9-2-7-13-12(8-9)19-16(21)14(22-13)15(20)18-11-5-3-10(17)4-6-11/h2-8,14H,1H3,(H,18,20)(H,19,21)/t14-/m1/s1. The molecule has 6 heteroatoms. The highest BCUT2D eigenvalue weighted by Crippen LogP contribution is 2.30. The third-order valence-electron chi connectivity index (χ3n) is 3.23. The second-order valence-electron chi connectivity index (χ2n) is 4.98. The van der Waals surface area contributed by atoms with E-state index in [1.54, 1.807) is 12.1 Å². The molecule has 0 bridgehead atoms. The van der Waals surface area contributed by atoms with Crippen molar-refractivity contribution < 1.29 is 18.7 Å². The summed E-state index contributed by atoms with van der Waals surface area (Å²) in [6, 6.07) is 10.5. The first kappa shape index (κ1) is 14.1. The van der Waals surface area contributed by atoms with Crippen molar-refractivity contribution >= 4 is 23.2 Å². The first-order valence-corrected chi connectivity index (χ1v) is 6.67. The molecule has 0 saturated carbocycles. The molecule has 3 rings (SSSR count). The zero-order valence-corrected chi connectivity index (χ0v) is 11.7. The second-order valence-corrected chi connectivity index (χ2v) is 4.98. The molecule has 1 atom stereocenters. The maximum Gasteiger partial charge on any atom is 0.275 e. The summed E-state index contributed by atoms with van der Waals surface area (Å²) in [5.41, 5.74) is 1.89. The molecular formula is C16H13FN2O3. The Hall–Kier alpha value is -2.89. The molecule has 2 amide bonds. The summed E-state index contributed by atoms with van der Waals surface area (Å²) in [4.78, 5) is 24.1. The fourth-order valence-corrected chi connectivity index (χ4v) is 2.14. The highest BCUT2D eigenvalue weighted by molar-refractivity contribution is 6.15. The quantitative estimate of drug-likeness (QED) is 0.837. The number of fused-ring (bicyclic) bond motifs is 1. The third-order valence-corrected chi connectivity index (χ3v) is 3.23. The molecule has 2 aromatic rings. The molecule has 22 heavy (non-hydrogen) atoms. The molecule has 1 aliphatic heterocycles. The van der Waals surface area contributed by atoms with Crippen LogP contribution in [0.15, 0.2) is 42.5 Å². The van der Waals surface area contributed by atoms with Gasteiger partial charge in [0, 0.05) is 5.69 Å². The summed E-state index contributed by atoms with van der Waals surface area (Å²) >= 11 is 0. The summed E-state index contributed by atoms with van der Waals surface area (Å²) < 4.78 is 18.3. The number of aryl methyl sites for hydroxylation is 1. The van der Waals surface area contributed by atoms with Crippen LogP contribution in [0.3, 0.4) is 0 Å². The average Bonchev–Trinajstić information content (AvgIpc) is 2.48. The van der Waals surface area contributed by atoms with Crippen molar-refractivity contribution in [1.29, 1.82) is 0 Å². The first-order valence-electron chi connectivity index (χ1n) is 6.67. The van der Waals surface area contributed by atoms with E-state index in [4.69, 9.17) is 4.74 Å². The number of hydrogen-bond acceptors (Lipinski definition) is 3. The van der Waals surface area contributed by atoms with Gasteiger partial charge in [-0.1, -0.05) is 6.07 Å². The zero-order chi connectivity index (χ0) is 15.7. The summed E-state index contributed by atoms with van der Waals surface area (Å²) in [7, 11) is 0. The maximum absolute atomic E-state index is 12.8. The van der Waals surface area contributed by atoms with Crippen LogP contribution < -0.4 is 15.4 Å². The Labute approximate surface area is 126 Å². The van der Waals surface area contributed by atoms with E-state index in [1.165, 1.54) is 24.3 Å². The number of ether oxygens (including phenoxy) is 1. The van der Waals surface area contributed by atoms with Crippen LogP contribution in [-0.2, 0) is 9.59 Å². The molecule has 0 aromatic heterocycles. The third kappa shape index (κ3) is 2.76. The number of hydrogen-bond donors (Lipinski definition) is 2. The SMILES string of the molecule is Cc1ccc2c(c1)NC(=O)[C@@H](C(=O)Nc1ccc(F)cc1)O2. The lowest BCUT2D eigenvalue weighted by molar-refractivity contribution is -0.133. The van der Waals surface area contributed by atoms with E-state index >= 15 is 0 Å². The normalized spacial score (nSPS) is 16.3. The number of carbonyl (C=O) groups is 2. The molecule has 0 fully saturated rings. The Morgan fingerprint density at radius 3 is 2.68 bits per heavy atom. The Morgan fingerprint density at radius 1 is 1.23 bits per heavy atom. The smallest absolute Gasteiger partial charge is 0.275 e. The highest BCUT2D eigenvalue weighted by Gasteiger charge is 2.34. The van der Waals surface area contributed by atoms with Gasteiger partial charge in [-0.3, -0.25) is 9.59 Å². The number of benzene rings is 2. The van der Waals surface area contributed by atoms with Gasteiger partial charge in [-0.2, -0.15) is 0 Å². The van der Waals surface area contributed by atoms with Crippen molar-refractivity contribution in [3.05, 3.63) is 53.8 Å². The molecule has 0 unspecified atom stereocenters. The van der Waals surface area contributed by atoms with Gasteiger partial charge in [-0.15, -0.1) is 0 Å². The fourth-order valence-electron chi connectivity index (χ4n) is 2.14. The number of carbonyl (C=O) groups excluding carboxylic acids is 2. The van der Waals surface area contributed by atoms with Gasteiger partial charge in [0.1, 0.15) is 11.6 Å². The Kier molecular flexibility index (Phi) is 3.50. The molecular weight excluding hydrogens is 287 g/mol. The summed E-state index contributed by atoms with van der Waals surface area (Å²) in [6.45, 7) is 1.89. The van der Waals surface area contributed by atoms with Gasteiger partial charge < -0.3 is 15.4 Å². The molecule has 5 nitrogen and oxygen atoms in total. The number of rotatable bonds is 2. The summed E-state index contributed by atoms with van der Waals surface area (Å²) in [5, 5.41) is 5.16. The van der Waals surface area contributed by atoms with Crippen molar-refractivity contribution in [2.45, 2.75) is 13.0 Å². The maximum atomic E-state index is 12.8. The molecule has 2 N–H and O–H groups in total. The van der Waals surface area contributed by atoms with Gasteiger partial charge in [-0.25, -0.2) is 4.39 Å². The number of nitrogens with one attached hydrogen (secondary N) is 2. The van der Waals surface area contributed by atoms with Gasteiger partial charge in [0.05, 0.1) is 5.69 Å². The van der Waals surface area contributed by atoms with E-state index in [2.05, 4.69) is 10.6 Å². The lowest BCUT2D eigenvalue weighted by Gasteiger charge is -2.25. The van der Waals surface area contributed by atoms with Crippen molar-refractivity contribution in [2.75, 3.05) is 10.6 Å². The molecule has 0 spiro atoms. The van der Waals surface area contributed by atoms with E-state index < -0.39 is 23.7 Å². The van der Waals surface area contributed by atoms with Crippen LogP contribution in [0.1, 0.15) is 5.56 Å². The molecule has 0 saturated heterocycles. The number of anilines is 2. The van der Waals surface area contributed by atoms with Crippen LogP contribution in [0.5, 0.6) is 5.75 Å². The van der Waals surface area contributed by atoms with Crippen LogP contribution in [0, 0.1) is 12.7 Å². The van der Waals surface area contributed by atoms with Crippen LogP contribution in [0.25, 0.3) is 0 Å². The predicted molar refractivity (Wildman–Crippen MR) is 79.3 cm³/mol. The minimum absolute atomic E-state index is 0.387. The Bertz CT molecular complexity index is 744. The average molecular weight is 300 g/mol. The summed E-state index contributed by atoms with van der Waals surface area (Å²) in [6.07, 6.45) is -1.29. The molecule has 1 aliphatic rings. The number of halogens is 1. The van der Waals surface area contributed by atoms with Crippen molar-refractivity contribution in [2.24, 2.45) is 0 Å². The number of amides is 2. The van der Waals surface area contributed by atoms with Crippen LogP contribution >= 0.6 is 0 Å². The molecule has 112 valence electrons. The van der Waals surface area contributed by atoms with E-state index in [1.807, 2.05) is 13.0 Å². The van der Waals surface area contributed by atoms with Crippen LogP contribution in [-0.4, -0.2) is 17.9 Å². The van der Waals surface area contributed by atoms with Gasteiger partial charge in [0.2, 0.25) is 0 Å². The molecule has 2 aromatic carbocycles. The van der Waals surface area contributed by atoms with Crippen molar-refractivity contribution in [3.63, 3.8) is 0 Å². The van der Waals surface area contributed by atoms with E-state index in [-0.39, 0.29) is 0 Å². The van der Waals surface area contributed by atoms with Crippen LogP contribution in [0.2, 0.25) is 0 Å². The first-order chi connectivity index (χ1) is 10.5. The van der Waals surface area contributed by atoms with E-state index in [9.17, 15) is 14.0 Å². The fraction of sp³-hybridized carbons (Fsp3) is 0.125. The van der Waals surface area contributed by atoms with Crippen molar-refractivity contribution in [3.8, 4) is 5.75 Å². The monoisotopic (exact) mass is 300 g/mol. The van der Waals surface area contributed by atoms with E-state index in [0.29, 0.717) is 17.1 Å². The minimum atomic E-state index is -1.29. The topological polar surface area (TPSA) is 67.4 Å². The van der Waals surface area contributed by atoms with Gasteiger partial charge in [0.15, 0.2) is 0 Å². The molecule has 1 heterocycles. The van der Waals surface area contributed by atoms with Crippen LogP contribution in [0.4, 0.5) is 15.8 Å². The van der Waals surface area contributed by atoms with E-state index in [0.717, 1.165) is 5.56 Å². The minimum Gasteiger partial charge on any atom is -0.468 e. The van der Waals surface area contributed by atoms with Crippen molar-refractivity contribution in [1.82, 2.24) is 0 Å². The van der Waals surface area contributed by atoms with Gasteiger partial charge in [0.25, 0.3) is 17.9 Å². The lowest BCUT2D eigenvalue weighted by atomic mass is 10.1. The summed E-state index contributed by atoms with van der Waals surface area (Å²) in [5.74, 6) is -1.13. The van der Waals surface area contributed by atoms with Gasteiger partial charge >= 0.3 is 0 Å². The highest BCUT2D eigenvalue weighted by atomic mass is 19.1. The predicted octanol–water partition coefficient (Wildman–Crippen LogP) is 2.47. The van der Waals surface area contributed by atoms with Gasteiger partial charge in [-0.05, 0) is 48.9 Å².